The van der Waals surface area contributed by atoms with Crippen LogP contribution in [0.25, 0.3) is 0 Å². The van der Waals surface area contributed by atoms with Gasteiger partial charge in [-0.3, -0.25) is 10.1 Å². The van der Waals surface area contributed by atoms with Gasteiger partial charge in [0.1, 0.15) is 0 Å². The second kappa shape index (κ2) is 5.52. The highest BCUT2D eigenvalue weighted by Gasteiger charge is 2.23. The third-order valence-corrected chi connectivity index (χ3v) is 3.64. The highest BCUT2D eigenvalue weighted by atomic mass is 19.1. The molecule has 0 heterocycles. The maximum absolute atomic E-state index is 13.5. The van der Waals surface area contributed by atoms with Crippen molar-refractivity contribution < 1.29 is 9.31 Å². The average Bonchev–Trinajstić information content (AvgIpc) is 3.30. The smallest absolute Gasteiger partial charge is 0.304 e. The van der Waals surface area contributed by atoms with Crippen LogP contribution in [0.1, 0.15) is 29.9 Å². The first-order valence-corrected chi connectivity index (χ1v) is 6.90. The van der Waals surface area contributed by atoms with E-state index in [9.17, 15) is 14.5 Å². The largest absolute Gasteiger partial charge is 0.381 e. The van der Waals surface area contributed by atoms with Crippen molar-refractivity contribution in [1.29, 1.82) is 0 Å². The minimum absolute atomic E-state index is 0.503. The van der Waals surface area contributed by atoms with Gasteiger partial charge in [0.15, 0.2) is 0 Å². The number of nitro benzene ring substituents is 1. The second-order valence-corrected chi connectivity index (χ2v) is 5.30. The Morgan fingerprint density at radius 3 is 2.71 bits per heavy atom. The third kappa shape index (κ3) is 3.18. The summed E-state index contributed by atoms with van der Waals surface area (Å²) in [6, 6.07) is 12.2. The van der Waals surface area contributed by atoms with Gasteiger partial charge in [0.25, 0.3) is 0 Å². The molecule has 0 radical (unpaired) electrons. The molecule has 3 rings (SSSR count). The van der Waals surface area contributed by atoms with E-state index in [0.29, 0.717) is 18.2 Å². The molecular formula is C16H15FN2O2. The zero-order valence-electron chi connectivity index (χ0n) is 11.4. The standard InChI is InChI=1S/C16H15FN2O2/c17-15-9-14(6-7-16(15)19(20)21)18-10-11-2-1-3-13(8-11)12-4-5-12/h1-3,6-9,12,18H,4-5,10H2. The predicted molar refractivity (Wildman–Crippen MR) is 78.8 cm³/mol. The van der Waals surface area contributed by atoms with Gasteiger partial charge in [-0.1, -0.05) is 24.3 Å². The molecule has 0 aromatic heterocycles. The number of hydrogen-bond acceptors (Lipinski definition) is 3. The lowest BCUT2D eigenvalue weighted by Gasteiger charge is -2.08. The minimum Gasteiger partial charge on any atom is -0.381 e. The Bertz CT molecular complexity index is 684. The van der Waals surface area contributed by atoms with Gasteiger partial charge < -0.3 is 5.32 Å². The Labute approximate surface area is 121 Å². The van der Waals surface area contributed by atoms with E-state index in [-0.39, 0.29) is 0 Å². The van der Waals surface area contributed by atoms with Crippen molar-refractivity contribution in [2.24, 2.45) is 0 Å². The van der Waals surface area contributed by atoms with Crippen molar-refractivity contribution in [2.75, 3.05) is 5.32 Å². The summed E-state index contributed by atoms with van der Waals surface area (Å²) in [4.78, 5) is 9.84. The highest BCUT2D eigenvalue weighted by Crippen LogP contribution is 2.40. The third-order valence-electron chi connectivity index (χ3n) is 3.64. The van der Waals surface area contributed by atoms with Crippen LogP contribution in [0.3, 0.4) is 0 Å². The molecule has 2 aromatic rings. The maximum Gasteiger partial charge on any atom is 0.304 e. The Hall–Kier alpha value is -2.43. The number of nitrogens with zero attached hydrogens (tertiary/aromatic N) is 1. The van der Waals surface area contributed by atoms with E-state index in [1.165, 1.54) is 30.5 Å². The van der Waals surface area contributed by atoms with Crippen LogP contribution in [-0.4, -0.2) is 4.92 Å². The molecule has 0 atom stereocenters. The van der Waals surface area contributed by atoms with Gasteiger partial charge in [-0.25, -0.2) is 0 Å². The lowest BCUT2D eigenvalue weighted by molar-refractivity contribution is -0.387. The molecule has 1 fully saturated rings. The summed E-state index contributed by atoms with van der Waals surface area (Å²) in [5.74, 6) is -0.126. The molecule has 108 valence electrons. The number of benzene rings is 2. The number of nitrogens with one attached hydrogen (secondary N) is 1. The first-order valence-electron chi connectivity index (χ1n) is 6.90. The molecular weight excluding hydrogens is 271 g/mol. The molecule has 0 aliphatic heterocycles. The molecule has 1 saturated carbocycles. The lowest BCUT2D eigenvalue weighted by atomic mass is 10.1. The monoisotopic (exact) mass is 286 g/mol. The van der Waals surface area contributed by atoms with Crippen LogP contribution in [0.5, 0.6) is 0 Å². The first kappa shape index (κ1) is 13.5. The van der Waals surface area contributed by atoms with Crippen LogP contribution in [0.4, 0.5) is 15.8 Å². The molecule has 4 nitrogen and oxygen atoms in total. The number of hydrogen-bond donors (Lipinski definition) is 1. The van der Waals surface area contributed by atoms with E-state index in [2.05, 4.69) is 17.4 Å². The average molecular weight is 286 g/mol. The number of halogens is 1. The maximum atomic E-state index is 13.5. The normalized spacial score (nSPS) is 14.0. The fraction of sp³-hybridized carbons (Fsp3) is 0.250. The SMILES string of the molecule is O=[N+]([O-])c1ccc(NCc2cccc(C3CC3)c2)cc1F. The van der Waals surface area contributed by atoms with Gasteiger partial charge in [0.05, 0.1) is 4.92 Å². The molecule has 21 heavy (non-hydrogen) atoms. The molecule has 0 saturated heterocycles. The van der Waals surface area contributed by atoms with E-state index in [1.807, 2.05) is 12.1 Å². The fourth-order valence-corrected chi connectivity index (χ4v) is 2.34. The highest BCUT2D eigenvalue weighted by molar-refractivity contribution is 5.50. The van der Waals surface area contributed by atoms with Crippen LogP contribution in [0.2, 0.25) is 0 Å². The predicted octanol–water partition coefficient (Wildman–Crippen LogP) is 4.22. The van der Waals surface area contributed by atoms with Crippen LogP contribution in [0.15, 0.2) is 42.5 Å². The molecule has 0 amide bonds. The molecule has 5 heteroatoms. The van der Waals surface area contributed by atoms with Gasteiger partial charge in [-0.15, -0.1) is 0 Å². The van der Waals surface area contributed by atoms with Crippen molar-refractivity contribution in [1.82, 2.24) is 0 Å². The molecule has 1 aliphatic rings. The summed E-state index contributed by atoms with van der Waals surface area (Å²) in [6.07, 6.45) is 2.51. The number of nitro groups is 1. The van der Waals surface area contributed by atoms with Gasteiger partial charge in [-0.2, -0.15) is 4.39 Å². The Balaban J connectivity index is 1.68. The van der Waals surface area contributed by atoms with Crippen LogP contribution < -0.4 is 5.32 Å². The second-order valence-electron chi connectivity index (χ2n) is 5.30. The van der Waals surface area contributed by atoms with Crippen LogP contribution in [-0.2, 0) is 6.54 Å². The molecule has 0 bridgehead atoms. The molecule has 2 aromatic carbocycles. The Kier molecular flexibility index (Phi) is 3.56. The van der Waals surface area contributed by atoms with E-state index in [1.54, 1.807) is 0 Å². The van der Waals surface area contributed by atoms with Gasteiger partial charge in [0, 0.05) is 24.4 Å². The molecule has 1 aliphatic carbocycles. The van der Waals surface area contributed by atoms with Crippen molar-refractivity contribution in [3.63, 3.8) is 0 Å². The zero-order valence-corrected chi connectivity index (χ0v) is 11.4. The van der Waals surface area contributed by atoms with E-state index < -0.39 is 16.4 Å². The summed E-state index contributed by atoms with van der Waals surface area (Å²) in [5.41, 5.74) is 2.51. The minimum atomic E-state index is -0.822. The van der Waals surface area contributed by atoms with Crippen LogP contribution >= 0.6 is 0 Å². The quantitative estimate of drug-likeness (QED) is 0.661. The van der Waals surface area contributed by atoms with Crippen LogP contribution in [0, 0.1) is 15.9 Å². The van der Waals surface area contributed by atoms with Crippen molar-refractivity contribution in [3.8, 4) is 0 Å². The summed E-state index contributed by atoms with van der Waals surface area (Å²) in [5, 5.41) is 13.7. The summed E-state index contributed by atoms with van der Waals surface area (Å²) >= 11 is 0. The van der Waals surface area contributed by atoms with Gasteiger partial charge in [0.2, 0.25) is 5.82 Å². The topological polar surface area (TPSA) is 55.2 Å². The summed E-state index contributed by atoms with van der Waals surface area (Å²) in [7, 11) is 0. The van der Waals surface area contributed by atoms with Gasteiger partial charge >= 0.3 is 5.69 Å². The number of anilines is 1. The molecule has 1 N–H and O–H groups in total. The number of rotatable bonds is 5. The Morgan fingerprint density at radius 1 is 1.24 bits per heavy atom. The summed E-state index contributed by atoms with van der Waals surface area (Å²) in [6.45, 7) is 0.567. The van der Waals surface area contributed by atoms with E-state index in [0.717, 1.165) is 11.6 Å². The Morgan fingerprint density at radius 2 is 2.05 bits per heavy atom. The van der Waals surface area contributed by atoms with E-state index in [4.69, 9.17) is 0 Å². The molecule has 0 unspecified atom stereocenters. The van der Waals surface area contributed by atoms with Crippen molar-refractivity contribution in [2.45, 2.75) is 25.3 Å². The zero-order chi connectivity index (χ0) is 14.8. The van der Waals surface area contributed by atoms with Crippen molar-refractivity contribution in [3.05, 3.63) is 69.5 Å². The summed E-state index contributed by atoms with van der Waals surface area (Å²) < 4.78 is 13.5. The molecule has 0 spiro atoms. The van der Waals surface area contributed by atoms with Gasteiger partial charge in [-0.05, 0) is 36.0 Å². The van der Waals surface area contributed by atoms with Crippen molar-refractivity contribution >= 4 is 11.4 Å². The fourth-order valence-electron chi connectivity index (χ4n) is 2.34. The first-order chi connectivity index (χ1) is 10.1. The van der Waals surface area contributed by atoms with E-state index >= 15 is 0 Å². The lowest BCUT2D eigenvalue weighted by Crippen LogP contribution is -2.01.